The number of rotatable bonds is 1. The van der Waals surface area contributed by atoms with E-state index in [4.69, 9.17) is 17.3 Å². The van der Waals surface area contributed by atoms with Gasteiger partial charge in [-0.1, -0.05) is 0 Å². The quantitative estimate of drug-likeness (QED) is 0.697. The molecule has 1 aliphatic heterocycles. The SMILES string of the molecule is [B]C[C@H]1COc2ccc3nc(C)ccc3c2O1. The second-order valence-corrected chi connectivity index (χ2v) is 4.20. The van der Waals surface area contributed by atoms with Gasteiger partial charge in [-0.15, -0.1) is 0 Å². The van der Waals surface area contributed by atoms with Gasteiger partial charge in [0.15, 0.2) is 11.5 Å². The van der Waals surface area contributed by atoms with Gasteiger partial charge in [0.2, 0.25) is 0 Å². The summed E-state index contributed by atoms with van der Waals surface area (Å²) in [7, 11) is 5.61. The van der Waals surface area contributed by atoms with Crippen LogP contribution in [0.4, 0.5) is 0 Å². The van der Waals surface area contributed by atoms with Crippen molar-refractivity contribution >= 4 is 18.7 Å². The van der Waals surface area contributed by atoms with Gasteiger partial charge in [-0.05, 0) is 37.5 Å². The predicted octanol–water partition coefficient (Wildman–Crippen LogP) is 2.27. The summed E-state index contributed by atoms with van der Waals surface area (Å²) in [6, 6.07) is 7.83. The molecule has 0 fully saturated rings. The van der Waals surface area contributed by atoms with Gasteiger partial charge >= 0.3 is 0 Å². The van der Waals surface area contributed by atoms with E-state index in [1.807, 2.05) is 31.2 Å². The minimum absolute atomic E-state index is 0.0746. The number of hydrogen-bond donors (Lipinski definition) is 0. The third-order valence-electron chi connectivity index (χ3n) is 2.90. The van der Waals surface area contributed by atoms with Crippen molar-refractivity contribution in [2.45, 2.75) is 19.3 Å². The smallest absolute Gasteiger partial charge is 0.171 e. The molecule has 1 aliphatic rings. The van der Waals surface area contributed by atoms with Crippen molar-refractivity contribution in [2.75, 3.05) is 6.61 Å². The Morgan fingerprint density at radius 1 is 1.35 bits per heavy atom. The van der Waals surface area contributed by atoms with Crippen molar-refractivity contribution in [1.29, 1.82) is 0 Å². The van der Waals surface area contributed by atoms with Crippen LogP contribution in [-0.2, 0) is 0 Å². The number of benzene rings is 1. The first-order valence-corrected chi connectivity index (χ1v) is 5.68. The molecule has 0 amide bonds. The van der Waals surface area contributed by atoms with E-state index in [1.54, 1.807) is 0 Å². The molecule has 0 saturated heterocycles. The summed E-state index contributed by atoms with van der Waals surface area (Å²) >= 11 is 0. The van der Waals surface area contributed by atoms with Gasteiger partial charge < -0.3 is 9.47 Å². The monoisotopic (exact) mass is 225 g/mol. The Morgan fingerprint density at radius 2 is 2.24 bits per heavy atom. The van der Waals surface area contributed by atoms with Crippen molar-refractivity contribution in [3.63, 3.8) is 0 Å². The third-order valence-corrected chi connectivity index (χ3v) is 2.90. The molecule has 3 nitrogen and oxygen atoms in total. The van der Waals surface area contributed by atoms with Gasteiger partial charge in [0.1, 0.15) is 12.7 Å². The lowest BCUT2D eigenvalue weighted by molar-refractivity contribution is 0.107. The van der Waals surface area contributed by atoms with Gasteiger partial charge in [0.25, 0.3) is 0 Å². The van der Waals surface area contributed by atoms with Gasteiger partial charge in [-0.2, -0.15) is 0 Å². The molecule has 2 aromatic rings. The van der Waals surface area contributed by atoms with Crippen LogP contribution in [0.3, 0.4) is 0 Å². The molecule has 84 valence electrons. The minimum Gasteiger partial charge on any atom is -0.486 e. The van der Waals surface area contributed by atoms with Crippen molar-refractivity contribution in [1.82, 2.24) is 4.98 Å². The second-order valence-electron chi connectivity index (χ2n) is 4.20. The maximum Gasteiger partial charge on any atom is 0.171 e. The Bertz CT molecular complexity index is 571. The molecule has 0 N–H and O–H groups in total. The first-order chi connectivity index (χ1) is 8.28. The van der Waals surface area contributed by atoms with Crippen molar-refractivity contribution in [3.05, 3.63) is 30.0 Å². The van der Waals surface area contributed by atoms with Crippen LogP contribution in [0.5, 0.6) is 11.5 Å². The van der Waals surface area contributed by atoms with Crippen molar-refractivity contribution < 1.29 is 9.47 Å². The molecule has 0 saturated carbocycles. The average Bonchev–Trinajstić information content (AvgIpc) is 2.37. The number of aromatic nitrogens is 1. The summed E-state index contributed by atoms with van der Waals surface area (Å²) in [5.74, 6) is 1.53. The van der Waals surface area contributed by atoms with E-state index in [9.17, 15) is 0 Å². The molecule has 2 radical (unpaired) electrons. The molecule has 0 unspecified atom stereocenters. The molecule has 3 rings (SSSR count). The lowest BCUT2D eigenvalue weighted by Crippen LogP contribution is -2.28. The fourth-order valence-electron chi connectivity index (χ4n) is 1.99. The standard InChI is InChI=1S/C13H12BNO2/c1-8-2-3-10-11(15-8)4-5-12-13(10)17-9(6-14)7-16-12/h2-5,9H,6-7H2,1H3/t9-/m0/s1. The first kappa shape index (κ1) is 10.4. The maximum atomic E-state index is 5.84. The average molecular weight is 225 g/mol. The molecule has 0 spiro atoms. The predicted molar refractivity (Wildman–Crippen MR) is 67.0 cm³/mol. The lowest BCUT2D eigenvalue weighted by atomic mass is 9.99. The first-order valence-electron chi connectivity index (χ1n) is 5.68. The Balaban J connectivity index is 2.17. The van der Waals surface area contributed by atoms with Gasteiger partial charge in [-0.25, -0.2) is 0 Å². The Labute approximate surface area is 101 Å². The molecule has 1 atom stereocenters. The third kappa shape index (κ3) is 1.73. The van der Waals surface area contributed by atoms with Crippen LogP contribution in [-0.4, -0.2) is 25.5 Å². The van der Waals surface area contributed by atoms with Gasteiger partial charge in [0.05, 0.1) is 13.4 Å². The molecule has 0 aliphatic carbocycles. The highest BCUT2D eigenvalue weighted by Crippen LogP contribution is 2.38. The summed E-state index contributed by atoms with van der Waals surface area (Å²) in [6.45, 7) is 2.48. The molecule has 2 heterocycles. The van der Waals surface area contributed by atoms with E-state index >= 15 is 0 Å². The zero-order valence-electron chi connectivity index (χ0n) is 9.64. The van der Waals surface area contributed by atoms with E-state index in [1.165, 1.54) is 0 Å². The van der Waals surface area contributed by atoms with E-state index in [0.29, 0.717) is 12.9 Å². The van der Waals surface area contributed by atoms with Crippen LogP contribution in [0, 0.1) is 6.92 Å². The number of pyridine rings is 1. The second kappa shape index (κ2) is 3.95. The highest BCUT2D eigenvalue weighted by Gasteiger charge is 2.21. The fraction of sp³-hybridized carbons (Fsp3) is 0.308. The van der Waals surface area contributed by atoms with Gasteiger partial charge in [0, 0.05) is 11.1 Å². The van der Waals surface area contributed by atoms with Crippen LogP contribution in [0.15, 0.2) is 24.3 Å². The van der Waals surface area contributed by atoms with Crippen molar-refractivity contribution in [3.8, 4) is 11.5 Å². The normalized spacial score (nSPS) is 18.3. The van der Waals surface area contributed by atoms with Gasteiger partial charge in [-0.3, -0.25) is 4.98 Å². The summed E-state index contributed by atoms with van der Waals surface area (Å²) in [4.78, 5) is 4.47. The molecule has 1 aromatic heterocycles. The number of fused-ring (bicyclic) bond motifs is 3. The lowest BCUT2D eigenvalue weighted by Gasteiger charge is -2.26. The van der Waals surface area contributed by atoms with E-state index < -0.39 is 0 Å². The number of nitrogens with zero attached hydrogens (tertiary/aromatic N) is 1. The fourth-order valence-corrected chi connectivity index (χ4v) is 1.99. The Hall–Kier alpha value is -1.71. The summed E-state index contributed by atoms with van der Waals surface area (Å²) < 4.78 is 11.5. The Morgan fingerprint density at radius 3 is 3.06 bits per heavy atom. The number of hydrogen-bond acceptors (Lipinski definition) is 3. The minimum atomic E-state index is -0.0746. The van der Waals surface area contributed by atoms with Crippen LogP contribution in [0.2, 0.25) is 6.32 Å². The Kier molecular flexibility index (Phi) is 2.43. The van der Waals surface area contributed by atoms with Crippen LogP contribution >= 0.6 is 0 Å². The zero-order valence-corrected chi connectivity index (χ0v) is 9.64. The van der Waals surface area contributed by atoms with Crippen LogP contribution in [0.1, 0.15) is 5.69 Å². The van der Waals surface area contributed by atoms with E-state index in [-0.39, 0.29) is 6.10 Å². The molecule has 17 heavy (non-hydrogen) atoms. The highest BCUT2D eigenvalue weighted by molar-refractivity contribution is 6.09. The molecular formula is C13H12BNO2. The highest BCUT2D eigenvalue weighted by atomic mass is 16.6. The zero-order chi connectivity index (χ0) is 11.8. The topological polar surface area (TPSA) is 31.4 Å². The molecule has 1 aromatic carbocycles. The largest absolute Gasteiger partial charge is 0.486 e. The molecule has 0 bridgehead atoms. The number of aryl methyl sites for hydroxylation is 1. The van der Waals surface area contributed by atoms with E-state index in [2.05, 4.69) is 4.98 Å². The summed E-state index contributed by atoms with van der Waals surface area (Å²) in [6.07, 6.45) is 0.379. The van der Waals surface area contributed by atoms with Crippen molar-refractivity contribution in [2.24, 2.45) is 0 Å². The van der Waals surface area contributed by atoms with Crippen LogP contribution < -0.4 is 9.47 Å². The van der Waals surface area contributed by atoms with Crippen LogP contribution in [0.25, 0.3) is 10.9 Å². The van der Waals surface area contributed by atoms with E-state index in [0.717, 1.165) is 28.1 Å². The number of ether oxygens (including phenoxy) is 2. The molecule has 4 heteroatoms. The molecular weight excluding hydrogens is 213 g/mol. The summed E-state index contributed by atoms with van der Waals surface area (Å²) in [5, 5.41) is 0.978. The maximum absolute atomic E-state index is 5.84. The summed E-state index contributed by atoms with van der Waals surface area (Å²) in [5.41, 5.74) is 1.91.